The molecule has 0 atom stereocenters. The van der Waals surface area contributed by atoms with Gasteiger partial charge in [0.2, 0.25) is 10.0 Å². The average Bonchev–Trinajstić information content (AvgIpc) is 3.18. The molecule has 6 nitrogen and oxygen atoms in total. The van der Waals surface area contributed by atoms with Crippen LogP contribution in [-0.2, 0) is 10.0 Å². The predicted octanol–water partition coefficient (Wildman–Crippen LogP) is 4.06. The van der Waals surface area contributed by atoms with Crippen LogP contribution >= 0.6 is 11.6 Å². The van der Waals surface area contributed by atoms with E-state index in [1.54, 1.807) is 11.0 Å². The van der Waals surface area contributed by atoms with Crippen molar-refractivity contribution in [3.05, 3.63) is 65.1 Å². The number of para-hydroxylation sites is 1. The molecule has 0 saturated carbocycles. The lowest BCUT2D eigenvalue weighted by molar-refractivity contribution is 0.0662. The number of benzene rings is 2. The first kappa shape index (κ1) is 20.8. The van der Waals surface area contributed by atoms with E-state index in [1.165, 1.54) is 6.07 Å². The van der Waals surface area contributed by atoms with Gasteiger partial charge >= 0.3 is 0 Å². The molecule has 9 heteroatoms. The van der Waals surface area contributed by atoms with Crippen molar-refractivity contribution in [1.82, 2.24) is 9.62 Å². The number of hydrogen-bond acceptors (Lipinski definition) is 4. The first-order valence-corrected chi connectivity index (χ1v) is 11.4. The Labute approximate surface area is 178 Å². The lowest BCUT2D eigenvalue weighted by Crippen LogP contribution is -2.41. The maximum absolute atomic E-state index is 13.3. The zero-order chi connectivity index (χ0) is 21.3. The van der Waals surface area contributed by atoms with Gasteiger partial charge in [-0.15, -0.1) is 0 Å². The fourth-order valence-electron chi connectivity index (χ4n) is 3.54. The van der Waals surface area contributed by atoms with Crippen LogP contribution in [0.2, 0.25) is 5.02 Å². The SMILES string of the molecule is O=C(c1cc2ccccc2o1)N1CCC(CNS(=O)(=O)c2ccc(F)c(Cl)c2)CC1. The van der Waals surface area contributed by atoms with E-state index < -0.39 is 15.8 Å². The number of rotatable bonds is 5. The van der Waals surface area contributed by atoms with E-state index >= 15 is 0 Å². The summed E-state index contributed by atoms with van der Waals surface area (Å²) >= 11 is 5.68. The molecule has 30 heavy (non-hydrogen) atoms. The van der Waals surface area contributed by atoms with Gasteiger partial charge in [0.1, 0.15) is 11.4 Å². The largest absolute Gasteiger partial charge is 0.451 e. The van der Waals surface area contributed by atoms with Gasteiger partial charge < -0.3 is 9.32 Å². The van der Waals surface area contributed by atoms with Crippen molar-refractivity contribution in [3.8, 4) is 0 Å². The average molecular weight is 451 g/mol. The smallest absolute Gasteiger partial charge is 0.289 e. The number of hydrogen-bond donors (Lipinski definition) is 1. The Morgan fingerprint density at radius 1 is 1.17 bits per heavy atom. The molecule has 1 fully saturated rings. The molecule has 2 heterocycles. The quantitative estimate of drug-likeness (QED) is 0.635. The van der Waals surface area contributed by atoms with E-state index in [-0.39, 0.29) is 28.3 Å². The Morgan fingerprint density at radius 2 is 1.90 bits per heavy atom. The Kier molecular flexibility index (Phi) is 5.81. The van der Waals surface area contributed by atoms with Gasteiger partial charge in [0.15, 0.2) is 5.76 Å². The third-order valence-electron chi connectivity index (χ3n) is 5.30. The molecule has 158 valence electrons. The summed E-state index contributed by atoms with van der Waals surface area (Å²) < 4.78 is 46.3. The van der Waals surface area contributed by atoms with Crippen molar-refractivity contribution in [2.75, 3.05) is 19.6 Å². The molecule has 0 bridgehead atoms. The monoisotopic (exact) mass is 450 g/mol. The van der Waals surface area contributed by atoms with Gasteiger partial charge in [0, 0.05) is 25.0 Å². The van der Waals surface area contributed by atoms with Crippen LogP contribution in [-0.4, -0.2) is 38.9 Å². The van der Waals surface area contributed by atoms with Gasteiger partial charge in [-0.1, -0.05) is 29.8 Å². The highest BCUT2D eigenvalue weighted by Crippen LogP contribution is 2.24. The van der Waals surface area contributed by atoms with E-state index in [4.69, 9.17) is 16.0 Å². The Balaban J connectivity index is 1.33. The van der Waals surface area contributed by atoms with Crippen LogP contribution in [0.3, 0.4) is 0 Å². The van der Waals surface area contributed by atoms with E-state index in [0.717, 1.165) is 17.5 Å². The summed E-state index contributed by atoms with van der Waals surface area (Å²) in [6, 6.07) is 12.5. The summed E-state index contributed by atoms with van der Waals surface area (Å²) in [7, 11) is -3.78. The maximum atomic E-state index is 13.3. The topological polar surface area (TPSA) is 79.6 Å². The standard InChI is InChI=1S/C21H20ClFN2O4S/c22-17-12-16(5-6-18(17)23)30(27,28)24-13-14-7-9-25(10-8-14)21(26)20-11-15-3-1-2-4-19(15)29-20/h1-6,11-12,14,24H,7-10,13H2. The number of nitrogens with zero attached hydrogens (tertiary/aromatic N) is 1. The number of sulfonamides is 1. The van der Waals surface area contributed by atoms with Gasteiger partial charge in [-0.05, 0) is 49.1 Å². The molecule has 1 aromatic heterocycles. The molecule has 0 radical (unpaired) electrons. The van der Waals surface area contributed by atoms with Crippen LogP contribution in [0.1, 0.15) is 23.4 Å². The van der Waals surface area contributed by atoms with Gasteiger partial charge in [-0.3, -0.25) is 4.79 Å². The number of furan rings is 1. The number of nitrogens with one attached hydrogen (secondary N) is 1. The Bertz CT molecular complexity index is 1150. The molecular weight excluding hydrogens is 431 g/mol. The zero-order valence-corrected chi connectivity index (χ0v) is 17.5. The molecule has 2 aromatic carbocycles. The number of piperidine rings is 1. The molecule has 0 unspecified atom stereocenters. The fraction of sp³-hybridized carbons (Fsp3) is 0.286. The summed E-state index contributed by atoms with van der Waals surface area (Å²) in [5, 5.41) is 0.640. The summed E-state index contributed by atoms with van der Waals surface area (Å²) in [4.78, 5) is 14.4. The van der Waals surface area contributed by atoms with Crippen molar-refractivity contribution in [1.29, 1.82) is 0 Å². The number of carbonyl (C=O) groups excluding carboxylic acids is 1. The summed E-state index contributed by atoms with van der Waals surface area (Å²) in [6.07, 6.45) is 1.33. The molecule has 3 aromatic rings. The molecule has 1 amide bonds. The highest BCUT2D eigenvalue weighted by molar-refractivity contribution is 7.89. The molecular formula is C21H20ClFN2O4S. The van der Waals surface area contributed by atoms with E-state index in [0.29, 0.717) is 37.3 Å². The summed E-state index contributed by atoms with van der Waals surface area (Å²) in [5.41, 5.74) is 0.672. The van der Waals surface area contributed by atoms with Crippen LogP contribution in [0.5, 0.6) is 0 Å². The normalized spacial score (nSPS) is 15.6. The molecule has 1 N–H and O–H groups in total. The van der Waals surface area contributed by atoms with Crippen molar-refractivity contribution in [2.45, 2.75) is 17.7 Å². The molecule has 1 saturated heterocycles. The second kappa shape index (κ2) is 8.37. The van der Waals surface area contributed by atoms with Crippen molar-refractivity contribution in [3.63, 3.8) is 0 Å². The predicted molar refractivity (Wildman–Crippen MR) is 111 cm³/mol. The first-order valence-electron chi connectivity index (χ1n) is 9.56. The van der Waals surface area contributed by atoms with Crippen LogP contribution in [0.4, 0.5) is 4.39 Å². The van der Waals surface area contributed by atoms with Crippen molar-refractivity contribution >= 4 is 38.5 Å². The molecule has 0 aliphatic carbocycles. The van der Waals surface area contributed by atoms with Crippen LogP contribution < -0.4 is 4.72 Å². The number of likely N-dealkylation sites (tertiary alicyclic amines) is 1. The molecule has 0 spiro atoms. The Hall–Kier alpha value is -2.42. The molecule has 4 rings (SSSR count). The van der Waals surface area contributed by atoms with Crippen molar-refractivity contribution in [2.24, 2.45) is 5.92 Å². The van der Waals surface area contributed by atoms with E-state index in [9.17, 15) is 17.6 Å². The number of amides is 1. The second-order valence-corrected chi connectivity index (χ2v) is 9.49. The fourth-order valence-corrected chi connectivity index (χ4v) is 4.93. The highest BCUT2D eigenvalue weighted by atomic mass is 35.5. The van der Waals surface area contributed by atoms with Crippen molar-refractivity contribution < 1.29 is 22.0 Å². The number of carbonyl (C=O) groups is 1. The van der Waals surface area contributed by atoms with Crippen LogP contribution in [0.25, 0.3) is 11.0 Å². The lowest BCUT2D eigenvalue weighted by Gasteiger charge is -2.31. The van der Waals surface area contributed by atoms with Gasteiger partial charge in [-0.2, -0.15) is 0 Å². The van der Waals surface area contributed by atoms with Gasteiger partial charge in [0.25, 0.3) is 5.91 Å². The van der Waals surface area contributed by atoms with Gasteiger partial charge in [-0.25, -0.2) is 17.5 Å². The minimum atomic E-state index is -3.78. The lowest BCUT2D eigenvalue weighted by atomic mass is 9.97. The minimum Gasteiger partial charge on any atom is -0.451 e. The second-order valence-electron chi connectivity index (χ2n) is 7.31. The molecule has 1 aliphatic rings. The van der Waals surface area contributed by atoms with Crippen LogP contribution in [0.15, 0.2) is 57.8 Å². The third kappa shape index (κ3) is 4.35. The molecule has 1 aliphatic heterocycles. The van der Waals surface area contributed by atoms with Gasteiger partial charge in [0.05, 0.1) is 9.92 Å². The summed E-state index contributed by atoms with van der Waals surface area (Å²) in [6.45, 7) is 1.28. The summed E-state index contributed by atoms with van der Waals surface area (Å²) in [5.74, 6) is -0.428. The first-order chi connectivity index (χ1) is 14.3. The van der Waals surface area contributed by atoms with E-state index in [2.05, 4.69) is 4.72 Å². The number of halogens is 2. The third-order valence-corrected chi connectivity index (χ3v) is 7.01. The maximum Gasteiger partial charge on any atom is 0.289 e. The van der Waals surface area contributed by atoms with Crippen LogP contribution in [0, 0.1) is 11.7 Å². The minimum absolute atomic E-state index is 0.0774. The Morgan fingerprint density at radius 3 is 2.60 bits per heavy atom. The zero-order valence-electron chi connectivity index (χ0n) is 16.0. The number of fused-ring (bicyclic) bond motifs is 1. The highest BCUT2D eigenvalue weighted by Gasteiger charge is 2.27. The van der Waals surface area contributed by atoms with E-state index in [1.807, 2.05) is 24.3 Å².